The van der Waals surface area contributed by atoms with Crippen LogP contribution in [0.25, 0.3) is 0 Å². The molecule has 1 saturated heterocycles. The van der Waals surface area contributed by atoms with E-state index < -0.39 is 5.60 Å². The quantitative estimate of drug-likeness (QED) is 0.729. The fourth-order valence-corrected chi connectivity index (χ4v) is 2.19. The van der Waals surface area contributed by atoms with Gasteiger partial charge in [0.2, 0.25) is 5.91 Å². The van der Waals surface area contributed by atoms with Crippen molar-refractivity contribution in [2.24, 2.45) is 11.8 Å². The predicted molar refractivity (Wildman–Crippen MR) is 79.5 cm³/mol. The highest BCUT2D eigenvalue weighted by atomic mass is 16.5. The van der Waals surface area contributed by atoms with Crippen molar-refractivity contribution in [3.8, 4) is 0 Å². The van der Waals surface area contributed by atoms with Gasteiger partial charge in [-0.3, -0.25) is 9.69 Å². The Kier molecular flexibility index (Phi) is 6.92. The predicted octanol–water partition coefficient (Wildman–Crippen LogP) is 0.868. The van der Waals surface area contributed by atoms with Gasteiger partial charge in [0.25, 0.3) is 0 Å². The van der Waals surface area contributed by atoms with Gasteiger partial charge >= 0.3 is 0 Å². The minimum Gasteiger partial charge on any atom is -0.387 e. The van der Waals surface area contributed by atoms with E-state index in [1.54, 1.807) is 6.92 Å². The Balaban J connectivity index is 2.29. The molecule has 118 valence electrons. The molecule has 20 heavy (non-hydrogen) atoms. The first kappa shape index (κ1) is 17.4. The number of nitrogens with one attached hydrogen (secondary N) is 1. The Morgan fingerprint density at radius 1 is 1.35 bits per heavy atom. The summed E-state index contributed by atoms with van der Waals surface area (Å²) in [5.74, 6) is 0.877. The van der Waals surface area contributed by atoms with E-state index in [4.69, 9.17) is 4.74 Å². The summed E-state index contributed by atoms with van der Waals surface area (Å²) in [5.41, 5.74) is -0.895. The van der Waals surface area contributed by atoms with E-state index in [-0.39, 0.29) is 5.91 Å². The summed E-state index contributed by atoms with van der Waals surface area (Å²) in [4.78, 5) is 14.0. The largest absolute Gasteiger partial charge is 0.387 e. The molecule has 0 saturated carbocycles. The van der Waals surface area contributed by atoms with Crippen molar-refractivity contribution in [2.45, 2.75) is 39.7 Å². The first-order valence-electron chi connectivity index (χ1n) is 7.59. The minimum absolute atomic E-state index is 0.0217. The Morgan fingerprint density at radius 2 is 1.95 bits per heavy atom. The molecule has 2 N–H and O–H groups in total. The van der Waals surface area contributed by atoms with Gasteiger partial charge in [-0.15, -0.1) is 0 Å². The van der Waals surface area contributed by atoms with Gasteiger partial charge < -0.3 is 15.2 Å². The number of β-amino-alcohol motifs (C(OH)–C–C–N with tert-alkyl or cyclic N) is 1. The summed E-state index contributed by atoms with van der Waals surface area (Å²) >= 11 is 0. The summed E-state index contributed by atoms with van der Waals surface area (Å²) in [6, 6.07) is 0. The van der Waals surface area contributed by atoms with Gasteiger partial charge in [-0.05, 0) is 18.8 Å². The number of rotatable bonds is 7. The van der Waals surface area contributed by atoms with Crippen LogP contribution < -0.4 is 5.32 Å². The second kappa shape index (κ2) is 7.96. The highest BCUT2D eigenvalue weighted by Crippen LogP contribution is 2.14. The standard InChI is InChI=1S/C15H30N2O3/c1-12(2)13(3)9-14(18)16-10-15(4,19)11-17-5-7-20-8-6-17/h12-13,19H,5-11H2,1-4H3,(H,16,18). The molecular weight excluding hydrogens is 256 g/mol. The number of carbonyl (C=O) groups is 1. The molecule has 0 aromatic carbocycles. The van der Waals surface area contributed by atoms with Gasteiger partial charge in [-0.25, -0.2) is 0 Å². The number of morpholine rings is 1. The van der Waals surface area contributed by atoms with Crippen LogP contribution >= 0.6 is 0 Å². The fraction of sp³-hybridized carbons (Fsp3) is 0.933. The molecule has 0 spiro atoms. The van der Waals surface area contributed by atoms with Gasteiger partial charge in [-0.2, -0.15) is 0 Å². The van der Waals surface area contributed by atoms with Crippen molar-refractivity contribution in [3.05, 3.63) is 0 Å². The van der Waals surface area contributed by atoms with E-state index in [0.29, 0.717) is 44.6 Å². The van der Waals surface area contributed by atoms with Crippen molar-refractivity contribution in [2.75, 3.05) is 39.4 Å². The van der Waals surface area contributed by atoms with Crippen LogP contribution in [0.1, 0.15) is 34.1 Å². The van der Waals surface area contributed by atoms with E-state index in [1.807, 2.05) is 0 Å². The number of nitrogens with zero attached hydrogens (tertiary/aromatic N) is 1. The molecule has 1 aliphatic rings. The number of aliphatic hydroxyl groups is 1. The number of carbonyl (C=O) groups excluding carboxylic acids is 1. The van der Waals surface area contributed by atoms with Gasteiger partial charge in [0.1, 0.15) is 0 Å². The summed E-state index contributed by atoms with van der Waals surface area (Å²) in [6.07, 6.45) is 0.519. The van der Waals surface area contributed by atoms with Gasteiger partial charge in [0.15, 0.2) is 0 Å². The number of ether oxygens (including phenoxy) is 1. The molecule has 5 nitrogen and oxygen atoms in total. The molecule has 1 rings (SSSR count). The van der Waals surface area contributed by atoms with E-state index in [1.165, 1.54) is 0 Å². The third-order valence-corrected chi connectivity index (χ3v) is 3.98. The van der Waals surface area contributed by atoms with E-state index in [0.717, 1.165) is 13.1 Å². The molecule has 2 unspecified atom stereocenters. The van der Waals surface area contributed by atoms with Crippen molar-refractivity contribution >= 4 is 5.91 Å². The van der Waals surface area contributed by atoms with Crippen LogP contribution in [0, 0.1) is 11.8 Å². The average molecular weight is 286 g/mol. The third-order valence-electron chi connectivity index (χ3n) is 3.98. The summed E-state index contributed by atoms with van der Waals surface area (Å²) in [6.45, 7) is 12.1. The lowest BCUT2D eigenvalue weighted by molar-refractivity contribution is -0.123. The maximum Gasteiger partial charge on any atom is 0.220 e. The van der Waals surface area contributed by atoms with Gasteiger partial charge in [-0.1, -0.05) is 20.8 Å². The van der Waals surface area contributed by atoms with Crippen LogP contribution in [-0.2, 0) is 9.53 Å². The average Bonchev–Trinajstić information content (AvgIpc) is 2.37. The summed E-state index contributed by atoms with van der Waals surface area (Å²) in [7, 11) is 0. The molecule has 1 amide bonds. The van der Waals surface area contributed by atoms with Crippen molar-refractivity contribution in [1.82, 2.24) is 10.2 Å². The normalized spacial score (nSPS) is 21.5. The lowest BCUT2D eigenvalue weighted by Crippen LogP contribution is -2.51. The summed E-state index contributed by atoms with van der Waals surface area (Å²) in [5, 5.41) is 13.2. The molecule has 1 aliphatic heterocycles. The van der Waals surface area contributed by atoms with Gasteiger partial charge in [0.05, 0.1) is 18.8 Å². The van der Waals surface area contributed by atoms with Crippen LogP contribution in [0.4, 0.5) is 0 Å². The molecule has 0 aromatic rings. The fourth-order valence-electron chi connectivity index (χ4n) is 2.19. The maximum absolute atomic E-state index is 11.8. The van der Waals surface area contributed by atoms with E-state index in [9.17, 15) is 9.90 Å². The first-order valence-corrected chi connectivity index (χ1v) is 7.59. The Labute approximate surface area is 122 Å². The number of amides is 1. The Hall–Kier alpha value is -0.650. The topological polar surface area (TPSA) is 61.8 Å². The van der Waals surface area contributed by atoms with Crippen molar-refractivity contribution in [3.63, 3.8) is 0 Å². The molecule has 0 radical (unpaired) electrons. The first-order chi connectivity index (χ1) is 9.30. The van der Waals surface area contributed by atoms with Crippen LogP contribution in [0.3, 0.4) is 0 Å². The van der Waals surface area contributed by atoms with Crippen molar-refractivity contribution in [1.29, 1.82) is 0 Å². The molecule has 2 atom stereocenters. The highest BCUT2D eigenvalue weighted by molar-refractivity contribution is 5.76. The van der Waals surface area contributed by atoms with E-state index >= 15 is 0 Å². The van der Waals surface area contributed by atoms with Crippen LogP contribution in [0.2, 0.25) is 0 Å². The second-order valence-electron chi connectivity index (χ2n) is 6.59. The zero-order valence-corrected chi connectivity index (χ0v) is 13.3. The summed E-state index contributed by atoms with van der Waals surface area (Å²) < 4.78 is 5.29. The van der Waals surface area contributed by atoms with Crippen LogP contribution in [0.5, 0.6) is 0 Å². The third kappa shape index (κ3) is 6.68. The van der Waals surface area contributed by atoms with E-state index in [2.05, 4.69) is 31.0 Å². The second-order valence-corrected chi connectivity index (χ2v) is 6.59. The molecule has 5 heteroatoms. The minimum atomic E-state index is -0.895. The molecule has 0 aromatic heterocycles. The molecular formula is C15H30N2O3. The Bertz CT molecular complexity index is 299. The smallest absolute Gasteiger partial charge is 0.220 e. The highest BCUT2D eigenvalue weighted by Gasteiger charge is 2.26. The molecule has 0 bridgehead atoms. The maximum atomic E-state index is 11.8. The van der Waals surface area contributed by atoms with Crippen LogP contribution in [0.15, 0.2) is 0 Å². The SMILES string of the molecule is CC(C)C(C)CC(=O)NCC(C)(O)CN1CCOCC1. The molecule has 0 aliphatic carbocycles. The van der Waals surface area contributed by atoms with Crippen molar-refractivity contribution < 1.29 is 14.6 Å². The van der Waals surface area contributed by atoms with Crippen LogP contribution in [-0.4, -0.2) is 60.9 Å². The zero-order chi connectivity index (χ0) is 15.2. The monoisotopic (exact) mass is 286 g/mol. The zero-order valence-electron chi connectivity index (χ0n) is 13.3. The lowest BCUT2D eigenvalue weighted by Gasteiger charge is -2.34. The number of hydrogen-bond donors (Lipinski definition) is 2. The molecule has 1 fully saturated rings. The number of hydrogen-bond acceptors (Lipinski definition) is 4. The Morgan fingerprint density at radius 3 is 2.50 bits per heavy atom. The lowest BCUT2D eigenvalue weighted by atomic mass is 9.94. The molecule has 1 heterocycles. The van der Waals surface area contributed by atoms with Gasteiger partial charge in [0, 0.05) is 32.6 Å².